The summed E-state index contributed by atoms with van der Waals surface area (Å²) in [5.41, 5.74) is 6.99. The average Bonchev–Trinajstić information content (AvgIpc) is 2.72. The normalized spacial score (nSPS) is 32.9. The van der Waals surface area contributed by atoms with Gasteiger partial charge < -0.3 is 10.6 Å². The Hall–Kier alpha value is -0.730. The van der Waals surface area contributed by atoms with Crippen molar-refractivity contribution in [2.75, 3.05) is 24.5 Å². The smallest absolute Gasteiger partial charge is 0.0407 e. The van der Waals surface area contributed by atoms with Gasteiger partial charge in [0.05, 0.1) is 0 Å². The van der Waals surface area contributed by atoms with Crippen molar-refractivity contribution in [1.82, 2.24) is 0 Å². The van der Waals surface area contributed by atoms with Crippen LogP contribution < -0.4 is 10.6 Å². The van der Waals surface area contributed by atoms with E-state index in [-0.39, 0.29) is 0 Å². The van der Waals surface area contributed by atoms with Crippen LogP contribution in [0, 0.1) is 17.8 Å². The molecule has 0 aromatic heterocycles. The summed E-state index contributed by atoms with van der Waals surface area (Å²) in [5.74, 6) is 2.50. The topological polar surface area (TPSA) is 29.3 Å². The lowest BCUT2D eigenvalue weighted by atomic mass is 10.2. The Labute approximate surface area is 95.0 Å². The number of fused-ring (bicyclic) bond motifs is 1. The zero-order valence-corrected chi connectivity index (χ0v) is 9.32. The second-order valence-electron chi connectivity index (χ2n) is 4.61. The number of piperidine rings is 1. The van der Waals surface area contributed by atoms with E-state index in [0.29, 0.717) is 0 Å². The van der Waals surface area contributed by atoms with E-state index >= 15 is 0 Å². The van der Waals surface area contributed by atoms with Crippen LogP contribution in [0.3, 0.4) is 0 Å². The molecule has 2 nitrogen and oxygen atoms in total. The first-order chi connectivity index (χ1) is 7.29. The Kier molecular flexibility index (Phi) is 2.15. The van der Waals surface area contributed by atoms with Crippen LogP contribution in [0.5, 0.6) is 0 Å². The summed E-state index contributed by atoms with van der Waals surface area (Å²) in [6, 6.07) is 8.12. The molecule has 1 aromatic carbocycles. The Balaban J connectivity index is 1.69. The monoisotopic (exact) mass is 222 g/mol. The molecule has 3 rings (SSSR count). The average molecular weight is 223 g/mol. The van der Waals surface area contributed by atoms with E-state index < -0.39 is 0 Å². The lowest BCUT2D eigenvalue weighted by Gasteiger charge is -2.21. The van der Waals surface area contributed by atoms with Crippen molar-refractivity contribution in [2.45, 2.75) is 0 Å². The van der Waals surface area contributed by atoms with Gasteiger partial charge in [-0.05, 0) is 48.6 Å². The fraction of sp³-hybridized carbons (Fsp3) is 0.500. The quantitative estimate of drug-likeness (QED) is 0.829. The Morgan fingerprint density at radius 1 is 1.20 bits per heavy atom. The predicted molar refractivity (Wildman–Crippen MR) is 63.2 cm³/mol. The molecule has 2 aliphatic rings. The maximum absolute atomic E-state index is 5.87. The lowest BCUT2D eigenvalue weighted by Crippen LogP contribution is -2.25. The van der Waals surface area contributed by atoms with Crippen molar-refractivity contribution in [3.8, 4) is 0 Å². The van der Waals surface area contributed by atoms with Gasteiger partial charge in [-0.2, -0.15) is 0 Å². The van der Waals surface area contributed by atoms with Gasteiger partial charge in [-0.1, -0.05) is 11.6 Å². The molecule has 1 aromatic rings. The molecule has 15 heavy (non-hydrogen) atoms. The van der Waals surface area contributed by atoms with E-state index in [1.165, 1.54) is 18.8 Å². The van der Waals surface area contributed by atoms with Gasteiger partial charge in [-0.25, -0.2) is 0 Å². The number of hydrogen-bond acceptors (Lipinski definition) is 2. The van der Waals surface area contributed by atoms with E-state index in [1.807, 2.05) is 12.1 Å². The van der Waals surface area contributed by atoms with Gasteiger partial charge in [0.25, 0.3) is 0 Å². The summed E-state index contributed by atoms with van der Waals surface area (Å²) < 4.78 is 0. The third-order valence-electron chi connectivity index (χ3n) is 3.84. The molecular formula is C12H15ClN2. The number of nitrogens with zero attached hydrogens (tertiary/aromatic N) is 1. The minimum atomic E-state index is 0.800. The number of hydrogen-bond donors (Lipinski definition) is 1. The summed E-state index contributed by atoms with van der Waals surface area (Å²) in [6.07, 6.45) is 0. The maximum Gasteiger partial charge on any atom is 0.0407 e. The van der Waals surface area contributed by atoms with Gasteiger partial charge in [-0.15, -0.1) is 0 Å². The van der Waals surface area contributed by atoms with Gasteiger partial charge in [0.2, 0.25) is 0 Å². The van der Waals surface area contributed by atoms with Gasteiger partial charge in [0.15, 0.2) is 0 Å². The van der Waals surface area contributed by atoms with Crippen LogP contribution >= 0.6 is 11.6 Å². The number of nitrogens with two attached hydrogens (primary N) is 1. The molecule has 2 fully saturated rings. The summed E-state index contributed by atoms with van der Waals surface area (Å²) in [6.45, 7) is 3.21. The molecule has 0 spiro atoms. The molecular weight excluding hydrogens is 208 g/mol. The highest BCUT2D eigenvalue weighted by atomic mass is 35.5. The number of anilines is 1. The van der Waals surface area contributed by atoms with E-state index in [4.69, 9.17) is 17.3 Å². The highest BCUT2D eigenvalue weighted by Crippen LogP contribution is 2.51. The first kappa shape index (κ1) is 9.49. The Morgan fingerprint density at radius 3 is 2.33 bits per heavy atom. The highest BCUT2D eigenvalue weighted by Gasteiger charge is 2.54. The van der Waals surface area contributed by atoms with Gasteiger partial charge in [0, 0.05) is 23.8 Å². The number of rotatable bonds is 2. The van der Waals surface area contributed by atoms with Crippen molar-refractivity contribution in [3.05, 3.63) is 29.3 Å². The van der Waals surface area contributed by atoms with Crippen molar-refractivity contribution in [1.29, 1.82) is 0 Å². The summed E-state index contributed by atoms with van der Waals surface area (Å²) in [5, 5.41) is 0.808. The summed E-state index contributed by atoms with van der Waals surface area (Å²) in [4.78, 5) is 2.44. The second-order valence-corrected chi connectivity index (χ2v) is 5.05. The highest BCUT2D eigenvalue weighted by molar-refractivity contribution is 6.30. The zero-order chi connectivity index (χ0) is 10.4. The van der Waals surface area contributed by atoms with Crippen molar-refractivity contribution in [3.63, 3.8) is 0 Å². The van der Waals surface area contributed by atoms with E-state index in [1.54, 1.807) is 0 Å². The minimum Gasteiger partial charge on any atom is -0.371 e. The second kappa shape index (κ2) is 3.39. The molecule has 1 heterocycles. The molecule has 3 heteroatoms. The first-order valence-corrected chi connectivity index (χ1v) is 5.88. The zero-order valence-electron chi connectivity index (χ0n) is 8.57. The molecule has 80 valence electrons. The van der Waals surface area contributed by atoms with E-state index in [9.17, 15) is 0 Å². The molecule has 0 radical (unpaired) electrons. The van der Waals surface area contributed by atoms with Crippen molar-refractivity contribution in [2.24, 2.45) is 23.5 Å². The Morgan fingerprint density at radius 2 is 1.80 bits per heavy atom. The molecule has 1 aliphatic heterocycles. The van der Waals surface area contributed by atoms with Crippen LogP contribution in [-0.4, -0.2) is 19.6 Å². The van der Waals surface area contributed by atoms with Crippen LogP contribution in [-0.2, 0) is 0 Å². The summed E-state index contributed by atoms with van der Waals surface area (Å²) in [7, 11) is 0. The molecule has 0 amide bonds. The van der Waals surface area contributed by atoms with Gasteiger partial charge >= 0.3 is 0 Å². The third-order valence-corrected chi connectivity index (χ3v) is 4.09. The van der Waals surface area contributed by atoms with Crippen molar-refractivity contribution >= 4 is 17.3 Å². The molecule has 2 atom stereocenters. The van der Waals surface area contributed by atoms with E-state index in [2.05, 4.69) is 17.0 Å². The van der Waals surface area contributed by atoms with Crippen LogP contribution in [0.25, 0.3) is 0 Å². The predicted octanol–water partition coefficient (Wildman–Crippen LogP) is 1.98. The number of benzene rings is 1. The van der Waals surface area contributed by atoms with Crippen LogP contribution in [0.4, 0.5) is 5.69 Å². The molecule has 1 saturated carbocycles. The molecule has 1 aliphatic carbocycles. The van der Waals surface area contributed by atoms with E-state index in [0.717, 1.165) is 29.3 Å². The number of halogens is 1. The van der Waals surface area contributed by atoms with Gasteiger partial charge in [0.1, 0.15) is 0 Å². The largest absolute Gasteiger partial charge is 0.371 e. The fourth-order valence-corrected chi connectivity index (χ4v) is 2.99. The summed E-state index contributed by atoms with van der Waals surface area (Å²) >= 11 is 5.87. The van der Waals surface area contributed by atoms with Crippen LogP contribution in [0.1, 0.15) is 0 Å². The standard InChI is InChI=1S/C12H15ClN2/c13-8-1-3-9(4-2-8)15-6-11-10(5-14)12(11)7-15/h1-4,10-12H,5-7,14H2. The van der Waals surface area contributed by atoms with Crippen LogP contribution in [0.15, 0.2) is 24.3 Å². The van der Waals surface area contributed by atoms with Crippen LogP contribution in [0.2, 0.25) is 5.02 Å². The SMILES string of the molecule is NCC1C2CN(c3ccc(Cl)cc3)CC12. The molecule has 0 bridgehead atoms. The van der Waals surface area contributed by atoms with Crippen molar-refractivity contribution < 1.29 is 0 Å². The lowest BCUT2D eigenvalue weighted by molar-refractivity contribution is 0.648. The molecule has 2 N–H and O–H groups in total. The minimum absolute atomic E-state index is 0.800. The Bertz CT molecular complexity index is 350. The maximum atomic E-state index is 5.87. The fourth-order valence-electron chi connectivity index (χ4n) is 2.86. The molecule has 1 saturated heterocycles. The van der Waals surface area contributed by atoms with Gasteiger partial charge in [-0.3, -0.25) is 0 Å². The third kappa shape index (κ3) is 1.52. The molecule has 2 unspecified atom stereocenters. The first-order valence-electron chi connectivity index (χ1n) is 5.50.